The molecule has 0 bridgehead atoms. The highest BCUT2D eigenvalue weighted by Gasteiger charge is 2.47. The third kappa shape index (κ3) is 4.11. The van der Waals surface area contributed by atoms with Crippen molar-refractivity contribution < 1.29 is 0 Å². The molecule has 0 saturated heterocycles. The summed E-state index contributed by atoms with van der Waals surface area (Å²) < 4.78 is 0. The van der Waals surface area contributed by atoms with E-state index in [0.717, 1.165) is 0 Å². The lowest BCUT2D eigenvalue weighted by atomic mass is 9.75. The maximum Gasteiger partial charge on any atom is 0.0555 e. The summed E-state index contributed by atoms with van der Waals surface area (Å²) in [4.78, 5) is 2.62. The Morgan fingerprint density at radius 1 is 0.327 bits per heavy atom. The fourth-order valence-corrected chi connectivity index (χ4v) is 10.1. The van der Waals surface area contributed by atoms with Gasteiger partial charge in [0.05, 0.1) is 5.69 Å². The van der Waals surface area contributed by atoms with Crippen LogP contribution in [0.4, 0.5) is 17.1 Å². The van der Waals surface area contributed by atoms with E-state index in [4.69, 9.17) is 0 Å². The predicted molar refractivity (Wildman–Crippen MR) is 219 cm³/mol. The minimum atomic E-state index is -0.220. The van der Waals surface area contributed by atoms with Crippen LogP contribution in [0.5, 0.6) is 0 Å². The van der Waals surface area contributed by atoms with Crippen molar-refractivity contribution in [3.63, 3.8) is 0 Å². The number of anilines is 3. The van der Waals surface area contributed by atoms with Gasteiger partial charge in [-0.1, -0.05) is 163 Å². The van der Waals surface area contributed by atoms with Gasteiger partial charge in [-0.25, -0.2) is 0 Å². The Bertz CT molecular complexity index is 2520. The van der Waals surface area contributed by atoms with Crippen molar-refractivity contribution in [3.05, 3.63) is 185 Å². The van der Waals surface area contributed by atoms with Crippen LogP contribution in [0, 0.1) is 0 Å². The highest BCUT2D eigenvalue weighted by molar-refractivity contribution is 6.01. The highest BCUT2D eigenvalue weighted by Crippen LogP contribution is 2.63. The third-order valence-electron chi connectivity index (χ3n) is 12.6. The average Bonchev–Trinajstić information content (AvgIpc) is 3.65. The van der Waals surface area contributed by atoms with Crippen LogP contribution in [-0.4, -0.2) is 0 Å². The zero-order valence-electron chi connectivity index (χ0n) is 30.9. The van der Waals surface area contributed by atoms with Gasteiger partial charge in [0.25, 0.3) is 0 Å². The normalized spacial score (nSPS) is 16.0. The Hall–Kier alpha value is -5.66. The Kier molecular flexibility index (Phi) is 6.39. The molecule has 0 radical (unpaired) electrons. The van der Waals surface area contributed by atoms with E-state index in [-0.39, 0.29) is 16.2 Å². The fraction of sp³-hybridized carbons (Fsp3) is 0.176. The molecule has 0 saturated carbocycles. The Balaban J connectivity index is 1.34. The van der Waals surface area contributed by atoms with Crippen molar-refractivity contribution in [3.8, 4) is 44.5 Å². The summed E-state index contributed by atoms with van der Waals surface area (Å²) in [6, 6.07) is 57.0. The van der Waals surface area contributed by atoms with Crippen molar-refractivity contribution in [2.24, 2.45) is 0 Å². The van der Waals surface area contributed by atoms with Crippen LogP contribution in [-0.2, 0) is 16.2 Å². The number of fused-ring (bicyclic) bond motifs is 9. The van der Waals surface area contributed by atoms with Crippen LogP contribution in [0.25, 0.3) is 44.5 Å². The zero-order chi connectivity index (χ0) is 35.6. The minimum Gasteiger partial charge on any atom is -0.310 e. The van der Waals surface area contributed by atoms with E-state index in [9.17, 15) is 0 Å². The predicted octanol–water partition coefficient (Wildman–Crippen LogP) is 13.7. The molecule has 52 heavy (non-hydrogen) atoms. The van der Waals surface area contributed by atoms with Gasteiger partial charge in [-0.3, -0.25) is 0 Å². The number of rotatable bonds is 4. The van der Waals surface area contributed by atoms with Crippen molar-refractivity contribution in [2.45, 2.75) is 57.8 Å². The fourth-order valence-electron chi connectivity index (χ4n) is 10.1. The minimum absolute atomic E-state index is 0.0645. The molecular weight excluding hydrogens is 627 g/mol. The van der Waals surface area contributed by atoms with Crippen LogP contribution >= 0.6 is 0 Å². The molecule has 3 aliphatic carbocycles. The molecule has 0 N–H and O–H groups in total. The average molecular weight is 670 g/mol. The Labute approximate surface area is 308 Å². The summed E-state index contributed by atoms with van der Waals surface area (Å²) in [7, 11) is 0. The largest absolute Gasteiger partial charge is 0.310 e. The van der Waals surface area contributed by atoms with Crippen molar-refractivity contribution in [1.82, 2.24) is 0 Å². The number of hydrogen-bond acceptors (Lipinski definition) is 1. The van der Waals surface area contributed by atoms with Gasteiger partial charge in [0.1, 0.15) is 0 Å². The maximum atomic E-state index is 2.62. The van der Waals surface area contributed by atoms with Gasteiger partial charge in [0, 0.05) is 27.6 Å². The molecule has 0 aromatic heterocycles. The second kappa shape index (κ2) is 10.7. The van der Waals surface area contributed by atoms with Crippen molar-refractivity contribution in [1.29, 1.82) is 0 Å². The Morgan fingerprint density at radius 3 is 1.38 bits per heavy atom. The molecule has 3 aliphatic rings. The first-order valence-electron chi connectivity index (χ1n) is 18.7. The van der Waals surface area contributed by atoms with Gasteiger partial charge in [0.15, 0.2) is 0 Å². The molecule has 0 unspecified atom stereocenters. The van der Waals surface area contributed by atoms with E-state index in [2.05, 4.69) is 198 Å². The topological polar surface area (TPSA) is 3.24 Å². The second-order valence-electron chi connectivity index (χ2n) is 16.6. The van der Waals surface area contributed by atoms with Crippen LogP contribution in [0.2, 0.25) is 0 Å². The van der Waals surface area contributed by atoms with Crippen molar-refractivity contribution in [2.75, 3.05) is 4.90 Å². The standard InChI is InChI=1S/C51H43N/c1-49(2)42-24-13-10-21-36(42)39-30-35(27-28-45(39)49)52(34-20-16-19-33(29-34)32-17-8-7-9-18-32)48-46-40(37-22-11-14-25-43(37)50(46,3)4)31-41-38-23-12-15-26-44(38)51(5,6)47(41)48/h7-31H,1-6H3. The van der Waals surface area contributed by atoms with E-state index in [1.165, 1.54) is 95.0 Å². The van der Waals surface area contributed by atoms with Gasteiger partial charge < -0.3 is 4.90 Å². The van der Waals surface area contributed by atoms with E-state index in [0.29, 0.717) is 0 Å². The summed E-state index contributed by atoms with van der Waals surface area (Å²) in [6.45, 7) is 14.5. The van der Waals surface area contributed by atoms with E-state index in [1.807, 2.05) is 0 Å². The molecule has 0 spiro atoms. The first kappa shape index (κ1) is 31.1. The molecule has 0 heterocycles. The molecule has 7 aromatic carbocycles. The lowest BCUT2D eigenvalue weighted by molar-refractivity contribution is 0.640. The molecular formula is C51H43N. The first-order valence-corrected chi connectivity index (χ1v) is 18.7. The molecule has 0 aliphatic heterocycles. The molecule has 10 rings (SSSR count). The van der Waals surface area contributed by atoms with Gasteiger partial charge >= 0.3 is 0 Å². The monoisotopic (exact) mass is 669 g/mol. The van der Waals surface area contributed by atoms with E-state index in [1.54, 1.807) is 0 Å². The molecule has 0 amide bonds. The third-order valence-corrected chi connectivity index (χ3v) is 12.6. The SMILES string of the molecule is CC1(C)c2ccccc2-c2cc(N(c3cccc(-c4ccccc4)c3)c3c4c(cc5c3C(C)(C)c3ccccc3-5)-c3ccccc3C4(C)C)ccc21. The highest BCUT2D eigenvalue weighted by atomic mass is 15.2. The quantitative estimate of drug-likeness (QED) is 0.180. The second-order valence-corrected chi connectivity index (χ2v) is 16.6. The molecule has 7 aromatic rings. The van der Waals surface area contributed by atoms with E-state index < -0.39 is 0 Å². The van der Waals surface area contributed by atoms with Gasteiger partial charge in [-0.15, -0.1) is 0 Å². The Morgan fingerprint density at radius 2 is 0.788 bits per heavy atom. The summed E-state index contributed by atoms with van der Waals surface area (Å²) in [5.74, 6) is 0. The molecule has 0 fully saturated rings. The maximum absolute atomic E-state index is 2.62. The van der Waals surface area contributed by atoms with E-state index >= 15 is 0 Å². The van der Waals surface area contributed by atoms with Crippen LogP contribution in [0.1, 0.15) is 74.9 Å². The van der Waals surface area contributed by atoms with Gasteiger partial charge in [-0.2, -0.15) is 0 Å². The summed E-state index contributed by atoms with van der Waals surface area (Å²) >= 11 is 0. The van der Waals surface area contributed by atoms with Gasteiger partial charge in [-0.05, 0) is 108 Å². The summed E-state index contributed by atoms with van der Waals surface area (Å²) in [5.41, 5.74) is 22.0. The van der Waals surface area contributed by atoms with Crippen molar-refractivity contribution >= 4 is 17.1 Å². The molecule has 0 atom stereocenters. The van der Waals surface area contributed by atoms with Crippen LogP contribution in [0.3, 0.4) is 0 Å². The number of benzene rings is 7. The lowest BCUT2D eigenvalue weighted by Gasteiger charge is -2.37. The number of nitrogens with zero attached hydrogens (tertiary/aromatic N) is 1. The molecule has 1 nitrogen and oxygen atoms in total. The van der Waals surface area contributed by atoms with Gasteiger partial charge in [0.2, 0.25) is 0 Å². The summed E-state index contributed by atoms with van der Waals surface area (Å²) in [6.07, 6.45) is 0. The number of hydrogen-bond donors (Lipinski definition) is 0. The summed E-state index contributed by atoms with van der Waals surface area (Å²) in [5, 5.41) is 0. The molecule has 252 valence electrons. The smallest absolute Gasteiger partial charge is 0.0555 e. The van der Waals surface area contributed by atoms with Crippen LogP contribution < -0.4 is 4.90 Å². The zero-order valence-corrected chi connectivity index (χ0v) is 30.9. The lowest BCUT2D eigenvalue weighted by Crippen LogP contribution is -2.26. The molecule has 1 heteroatoms. The van der Waals surface area contributed by atoms with Crippen LogP contribution in [0.15, 0.2) is 152 Å². The first-order chi connectivity index (χ1) is 25.1.